The highest BCUT2D eigenvalue weighted by molar-refractivity contribution is 8.00. The van der Waals surface area contributed by atoms with E-state index in [2.05, 4.69) is 24.4 Å². The summed E-state index contributed by atoms with van der Waals surface area (Å²) in [6.07, 6.45) is 4.33. The van der Waals surface area contributed by atoms with E-state index in [-0.39, 0.29) is 39.9 Å². The number of methoxy groups -OCH3 is 1. The molecule has 210 valence electrons. The van der Waals surface area contributed by atoms with Gasteiger partial charge in [0, 0.05) is 28.1 Å². The highest BCUT2D eigenvalue weighted by Crippen LogP contribution is 2.37. The van der Waals surface area contributed by atoms with Gasteiger partial charge in [0.25, 0.3) is 0 Å². The molecule has 0 aliphatic heterocycles. The molecule has 38 heavy (non-hydrogen) atoms. The monoisotopic (exact) mass is 570 g/mol. The van der Waals surface area contributed by atoms with Crippen LogP contribution in [0.4, 0.5) is 23.7 Å². The number of ether oxygens (including phenoxy) is 1. The normalized spacial score (nSPS) is 15.1. The zero-order chi connectivity index (χ0) is 28.3. The number of nitrogens with one attached hydrogen (secondary N) is 1. The number of alkyl halides is 3. The highest BCUT2D eigenvalue weighted by atomic mass is 32.2. The fraction of sp³-hybridized carbons (Fsp3) is 0.500. The van der Waals surface area contributed by atoms with Crippen molar-refractivity contribution in [1.29, 1.82) is 0 Å². The molecule has 2 aromatic rings. The smallest absolute Gasteiger partial charge is 0.446 e. The van der Waals surface area contributed by atoms with Crippen molar-refractivity contribution < 1.29 is 27.5 Å². The molecule has 2 aromatic carbocycles. The molecule has 0 aromatic heterocycles. The summed E-state index contributed by atoms with van der Waals surface area (Å²) in [7, 11) is 1.38. The van der Waals surface area contributed by atoms with Crippen molar-refractivity contribution in [2.45, 2.75) is 86.4 Å². The minimum atomic E-state index is -4.35. The lowest BCUT2D eigenvalue weighted by molar-refractivity contribution is -0.139. The second-order valence-corrected chi connectivity index (χ2v) is 11.2. The average Bonchev–Trinajstić information content (AvgIpc) is 3.30. The van der Waals surface area contributed by atoms with Crippen LogP contribution in [0.5, 0.6) is 0 Å². The number of carbonyl (C=O) groups excluding carboxylic acids is 2. The van der Waals surface area contributed by atoms with Gasteiger partial charge in [-0.3, -0.25) is 4.79 Å². The van der Waals surface area contributed by atoms with Gasteiger partial charge in [0.1, 0.15) is 5.25 Å². The molecular weight excluding hydrogens is 533 g/mol. The molecule has 1 N–H and O–H groups in total. The SMILES string of the molecule is CC.CCCCCN(C(=O)Nc1ccc(SC(F)(F)F)cc1)C1Cc2ccc(SC(C)C(=O)OC)cc2C1. The minimum absolute atomic E-state index is 0.0183. The van der Waals surface area contributed by atoms with E-state index in [1.54, 1.807) is 6.92 Å². The molecule has 10 heteroatoms. The molecule has 5 nitrogen and oxygen atoms in total. The van der Waals surface area contributed by atoms with E-state index < -0.39 is 5.51 Å². The first-order valence-electron chi connectivity index (χ1n) is 12.9. The van der Waals surface area contributed by atoms with E-state index >= 15 is 0 Å². The molecule has 0 saturated heterocycles. The van der Waals surface area contributed by atoms with Crippen molar-refractivity contribution >= 4 is 41.2 Å². The van der Waals surface area contributed by atoms with Crippen molar-refractivity contribution in [3.63, 3.8) is 0 Å². The summed E-state index contributed by atoms with van der Waals surface area (Å²) < 4.78 is 42.6. The summed E-state index contributed by atoms with van der Waals surface area (Å²) in [5.41, 5.74) is -1.56. The average molecular weight is 571 g/mol. The van der Waals surface area contributed by atoms with Crippen LogP contribution in [-0.2, 0) is 22.4 Å². The summed E-state index contributed by atoms with van der Waals surface area (Å²) in [4.78, 5) is 27.9. The number of nitrogens with zero attached hydrogens (tertiary/aromatic N) is 1. The van der Waals surface area contributed by atoms with Crippen LogP contribution in [0.2, 0.25) is 0 Å². The van der Waals surface area contributed by atoms with Gasteiger partial charge in [-0.1, -0.05) is 39.7 Å². The number of amides is 2. The van der Waals surface area contributed by atoms with Crippen LogP contribution >= 0.6 is 23.5 Å². The predicted octanol–water partition coefficient (Wildman–Crippen LogP) is 8.17. The maximum absolute atomic E-state index is 13.3. The van der Waals surface area contributed by atoms with Gasteiger partial charge in [0.15, 0.2) is 0 Å². The van der Waals surface area contributed by atoms with Crippen LogP contribution in [0.3, 0.4) is 0 Å². The third-order valence-corrected chi connectivity index (χ3v) is 7.79. The summed E-state index contributed by atoms with van der Waals surface area (Å²) in [5, 5.41) is 2.54. The molecule has 0 spiro atoms. The van der Waals surface area contributed by atoms with Crippen molar-refractivity contribution in [1.82, 2.24) is 4.90 Å². The second-order valence-electron chi connectivity index (χ2n) is 8.68. The van der Waals surface area contributed by atoms with Gasteiger partial charge in [0.05, 0.1) is 7.11 Å². The molecule has 0 fully saturated rings. The molecule has 3 rings (SSSR count). The number of hydrogen-bond donors (Lipinski definition) is 1. The Morgan fingerprint density at radius 3 is 2.29 bits per heavy atom. The lowest BCUT2D eigenvalue weighted by atomic mass is 10.1. The molecule has 2 amide bonds. The number of fused-ring (bicyclic) bond motifs is 1. The Hall–Kier alpha value is -2.33. The number of unbranched alkanes of at least 4 members (excludes halogenated alkanes) is 2. The zero-order valence-electron chi connectivity index (χ0n) is 22.6. The van der Waals surface area contributed by atoms with E-state index in [1.165, 1.54) is 48.7 Å². The van der Waals surface area contributed by atoms with Crippen molar-refractivity contribution in [3.8, 4) is 0 Å². The topological polar surface area (TPSA) is 58.6 Å². The number of anilines is 1. The van der Waals surface area contributed by atoms with Gasteiger partial charge in [0.2, 0.25) is 0 Å². The predicted molar refractivity (Wildman–Crippen MR) is 150 cm³/mol. The van der Waals surface area contributed by atoms with Gasteiger partial charge in [-0.05, 0) is 85.5 Å². The standard InChI is InChI=1S/C26H31F3N2O3S2.C2H6/c1-4-5-6-13-31(25(33)30-20-8-11-22(12-9-20)36-26(27,28)29)21-14-18-7-10-23(16-19(18)15-21)35-17(2)24(32)34-3;1-2/h7-12,16-17,21H,4-6,13-15H2,1-3H3,(H,30,33);1-2H3. The van der Waals surface area contributed by atoms with Crippen LogP contribution < -0.4 is 5.32 Å². The zero-order valence-corrected chi connectivity index (χ0v) is 24.2. The Kier molecular flexibility index (Phi) is 12.8. The number of urea groups is 1. The summed E-state index contributed by atoms with van der Waals surface area (Å²) in [6.45, 7) is 8.51. The first kappa shape index (κ1) is 31.9. The van der Waals surface area contributed by atoms with E-state index in [1.807, 2.05) is 24.8 Å². The first-order chi connectivity index (χ1) is 18.1. The summed E-state index contributed by atoms with van der Waals surface area (Å²) >= 11 is 1.26. The number of halogens is 3. The molecule has 0 bridgehead atoms. The molecule has 2 unspecified atom stereocenters. The first-order valence-corrected chi connectivity index (χ1v) is 14.6. The van der Waals surface area contributed by atoms with Gasteiger partial charge in [-0.25, -0.2) is 4.79 Å². The molecule has 0 saturated carbocycles. The fourth-order valence-corrected chi connectivity index (χ4v) is 5.70. The van der Waals surface area contributed by atoms with E-state index in [9.17, 15) is 22.8 Å². The van der Waals surface area contributed by atoms with Crippen LogP contribution in [-0.4, -0.2) is 47.4 Å². The van der Waals surface area contributed by atoms with Gasteiger partial charge < -0.3 is 15.0 Å². The lowest BCUT2D eigenvalue weighted by Gasteiger charge is -2.29. The molecule has 1 aliphatic carbocycles. The Morgan fingerprint density at radius 1 is 1.05 bits per heavy atom. The summed E-state index contributed by atoms with van der Waals surface area (Å²) in [5.74, 6) is -0.276. The molecule has 0 radical (unpaired) electrons. The maximum atomic E-state index is 13.3. The van der Waals surface area contributed by atoms with E-state index in [0.717, 1.165) is 36.1 Å². The molecule has 0 heterocycles. The number of hydrogen-bond acceptors (Lipinski definition) is 5. The van der Waals surface area contributed by atoms with Gasteiger partial charge in [-0.2, -0.15) is 13.2 Å². The Balaban J connectivity index is 0.00000247. The fourth-order valence-electron chi connectivity index (χ4n) is 4.20. The largest absolute Gasteiger partial charge is 0.468 e. The van der Waals surface area contributed by atoms with Crippen LogP contribution in [0, 0.1) is 0 Å². The number of carbonyl (C=O) groups is 2. The lowest BCUT2D eigenvalue weighted by Crippen LogP contribution is -2.44. The minimum Gasteiger partial charge on any atom is -0.468 e. The van der Waals surface area contributed by atoms with Gasteiger partial charge in [-0.15, -0.1) is 11.8 Å². The third kappa shape index (κ3) is 9.76. The summed E-state index contributed by atoms with van der Waals surface area (Å²) in [6, 6.07) is 11.6. The number of thioether (sulfide) groups is 2. The van der Waals surface area contributed by atoms with Crippen LogP contribution in [0.15, 0.2) is 52.3 Å². The van der Waals surface area contributed by atoms with Crippen LogP contribution in [0.1, 0.15) is 58.1 Å². The third-order valence-electron chi connectivity index (χ3n) is 5.98. The number of rotatable bonds is 10. The van der Waals surface area contributed by atoms with Crippen molar-refractivity contribution in [2.24, 2.45) is 0 Å². The van der Waals surface area contributed by atoms with Crippen LogP contribution in [0.25, 0.3) is 0 Å². The van der Waals surface area contributed by atoms with Crippen molar-refractivity contribution in [3.05, 3.63) is 53.6 Å². The van der Waals surface area contributed by atoms with E-state index in [4.69, 9.17) is 4.74 Å². The second kappa shape index (κ2) is 15.3. The quantitative estimate of drug-likeness (QED) is 0.177. The Labute approximate surface area is 232 Å². The number of esters is 1. The maximum Gasteiger partial charge on any atom is 0.446 e. The molecular formula is C28H37F3N2O3S2. The highest BCUT2D eigenvalue weighted by Gasteiger charge is 2.31. The molecule has 2 atom stereocenters. The van der Waals surface area contributed by atoms with Crippen molar-refractivity contribution in [2.75, 3.05) is 19.0 Å². The van der Waals surface area contributed by atoms with E-state index in [0.29, 0.717) is 18.7 Å². The Morgan fingerprint density at radius 2 is 1.68 bits per heavy atom. The molecule has 1 aliphatic rings. The number of benzene rings is 2. The van der Waals surface area contributed by atoms with Gasteiger partial charge >= 0.3 is 17.5 Å². The Bertz CT molecular complexity index is 1050.